The fraction of sp³-hybridized carbons (Fsp3) is 0.267. The summed E-state index contributed by atoms with van der Waals surface area (Å²) in [7, 11) is 0. The van der Waals surface area contributed by atoms with Crippen molar-refractivity contribution in [3.8, 4) is 0 Å². The van der Waals surface area contributed by atoms with Gasteiger partial charge in [0, 0.05) is 16.2 Å². The molecule has 1 aliphatic carbocycles. The lowest BCUT2D eigenvalue weighted by molar-refractivity contribution is 0.0946. The zero-order valence-electron chi connectivity index (χ0n) is 11.6. The normalized spacial score (nSPS) is 13.8. The maximum atomic E-state index is 12.1. The topological polar surface area (TPSA) is 66.9 Å². The molecule has 1 aromatic carbocycles. The average Bonchev–Trinajstić information content (AvgIpc) is 3.25. The van der Waals surface area contributed by atoms with E-state index in [1.165, 1.54) is 0 Å². The summed E-state index contributed by atoms with van der Waals surface area (Å²) in [6, 6.07) is 9.71. The smallest absolute Gasteiger partial charge is 0.270 e. The molecule has 1 heterocycles. The molecule has 0 aliphatic heterocycles. The van der Waals surface area contributed by atoms with E-state index < -0.39 is 0 Å². The highest BCUT2D eigenvalue weighted by Gasteiger charge is 2.24. The predicted molar refractivity (Wildman–Crippen MR) is 84.7 cm³/mol. The van der Waals surface area contributed by atoms with Crippen LogP contribution in [0.25, 0.3) is 0 Å². The average molecular weight is 347 g/mol. The van der Waals surface area contributed by atoms with Crippen LogP contribution in [0.2, 0.25) is 0 Å². The van der Waals surface area contributed by atoms with Crippen molar-refractivity contribution in [1.82, 2.24) is 15.3 Å². The van der Waals surface area contributed by atoms with E-state index in [1.807, 2.05) is 31.2 Å². The van der Waals surface area contributed by atoms with Crippen molar-refractivity contribution >= 4 is 33.5 Å². The fourth-order valence-corrected chi connectivity index (χ4v) is 2.29. The Balaban J connectivity index is 1.83. The van der Waals surface area contributed by atoms with Crippen LogP contribution >= 0.6 is 15.9 Å². The Labute approximate surface area is 131 Å². The van der Waals surface area contributed by atoms with Crippen LogP contribution in [0.15, 0.2) is 34.8 Å². The molecule has 5 nitrogen and oxygen atoms in total. The third-order valence-corrected chi connectivity index (χ3v) is 3.81. The summed E-state index contributed by atoms with van der Waals surface area (Å²) in [5, 5.41) is 6.06. The Morgan fingerprint density at radius 3 is 2.76 bits per heavy atom. The highest BCUT2D eigenvalue weighted by Crippen LogP contribution is 2.24. The van der Waals surface area contributed by atoms with E-state index in [0.717, 1.165) is 28.7 Å². The van der Waals surface area contributed by atoms with Gasteiger partial charge in [0.2, 0.25) is 5.95 Å². The summed E-state index contributed by atoms with van der Waals surface area (Å²) in [5.41, 5.74) is 2.00. The number of halogens is 1. The summed E-state index contributed by atoms with van der Waals surface area (Å²) in [6.45, 7) is 1.85. The van der Waals surface area contributed by atoms with Crippen molar-refractivity contribution in [2.75, 3.05) is 5.32 Å². The number of hydrogen-bond donors (Lipinski definition) is 2. The zero-order chi connectivity index (χ0) is 14.8. The second-order valence-electron chi connectivity index (χ2n) is 5.07. The first-order valence-electron chi connectivity index (χ1n) is 6.80. The van der Waals surface area contributed by atoms with E-state index in [9.17, 15) is 4.79 Å². The van der Waals surface area contributed by atoms with Gasteiger partial charge < -0.3 is 10.6 Å². The van der Waals surface area contributed by atoms with Crippen LogP contribution in [0.5, 0.6) is 0 Å². The number of nitrogens with zero attached hydrogens (tertiary/aromatic N) is 2. The third kappa shape index (κ3) is 3.58. The van der Waals surface area contributed by atoms with E-state index in [2.05, 4.69) is 36.5 Å². The molecule has 2 aromatic rings. The largest absolute Gasteiger partial charge is 0.348 e. The molecule has 3 rings (SSSR count). The van der Waals surface area contributed by atoms with Crippen molar-refractivity contribution in [3.05, 3.63) is 46.2 Å². The standard InChI is InChI=1S/C15H15BrN4O/c1-9-8-13(14(21)18-10-6-7-10)20-15(17-9)19-12-5-3-2-4-11(12)16/h2-5,8,10H,6-7H2,1H3,(H,18,21)(H,17,19,20). The molecule has 1 aromatic heterocycles. The van der Waals surface area contributed by atoms with Crippen molar-refractivity contribution < 1.29 is 4.79 Å². The molecule has 1 aliphatic rings. The van der Waals surface area contributed by atoms with Crippen molar-refractivity contribution in [1.29, 1.82) is 0 Å². The summed E-state index contributed by atoms with van der Waals surface area (Å²) in [5.74, 6) is 0.279. The van der Waals surface area contributed by atoms with E-state index in [1.54, 1.807) is 6.07 Å². The molecule has 0 saturated heterocycles. The number of carbonyl (C=O) groups excluding carboxylic acids is 1. The Bertz CT molecular complexity index is 685. The molecular formula is C15H15BrN4O. The molecule has 1 amide bonds. The van der Waals surface area contributed by atoms with Gasteiger partial charge in [-0.25, -0.2) is 9.97 Å². The minimum atomic E-state index is -0.141. The van der Waals surface area contributed by atoms with Crippen LogP contribution in [0.3, 0.4) is 0 Å². The summed E-state index contributed by atoms with van der Waals surface area (Å²) in [6.07, 6.45) is 2.11. The quantitative estimate of drug-likeness (QED) is 0.892. The van der Waals surface area contributed by atoms with Gasteiger partial charge in [0.05, 0.1) is 5.69 Å². The number of amides is 1. The first kappa shape index (κ1) is 14.0. The molecule has 0 atom stereocenters. The van der Waals surface area contributed by atoms with Gasteiger partial charge in [-0.1, -0.05) is 12.1 Å². The Kier molecular flexibility index (Phi) is 3.88. The molecule has 6 heteroatoms. The van der Waals surface area contributed by atoms with Gasteiger partial charge in [-0.2, -0.15) is 0 Å². The van der Waals surface area contributed by atoms with E-state index in [-0.39, 0.29) is 5.91 Å². The fourth-order valence-electron chi connectivity index (χ4n) is 1.91. The molecular weight excluding hydrogens is 332 g/mol. The molecule has 0 spiro atoms. The number of anilines is 2. The second kappa shape index (κ2) is 5.81. The van der Waals surface area contributed by atoms with Gasteiger partial charge in [-0.15, -0.1) is 0 Å². The van der Waals surface area contributed by atoms with Gasteiger partial charge in [0.25, 0.3) is 5.91 Å². The highest BCUT2D eigenvalue weighted by atomic mass is 79.9. The van der Waals surface area contributed by atoms with Crippen molar-refractivity contribution in [2.45, 2.75) is 25.8 Å². The van der Waals surface area contributed by atoms with Crippen LogP contribution in [0.4, 0.5) is 11.6 Å². The van der Waals surface area contributed by atoms with Crippen LogP contribution in [-0.4, -0.2) is 21.9 Å². The van der Waals surface area contributed by atoms with E-state index >= 15 is 0 Å². The van der Waals surface area contributed by atoms with Crippen LogP contribution in [-0.2, 0) is 0 Å². The molecule has 0 radical (unpaired) electrons. The third-order valence-electron chi connectivity index (χ3n) is 3.12. The number of nitrogens with one attached hydrogen (secondary N) is 2. The minimum Gasteiger partial charge on any atom is -0.348 e. The molecule has 21 heavy (non-hydrogen) atoms. The maximum absolute atomic E-state index is 12.1. The first-order chi connectivity index (χ1) is 10.1. The molecule has 108 valence electrons. The lowest BCUT2D eigenvalue weighted by Gasteiger charge is -2.09. The van der Waals surface area contributed by atoms with E-state index in [4.69, 9.17) is 0 Å². The number of aryl methyl sites for hydroxylation is 1. The Hall–Kier alpha value is -1.95. The molecule has 2 N–H and O–H groups in total. The Morgan fingerprint density at radius 2 is 2.05 bits per heavy atom. The van der Waals surface area contributed by atoms with Crippen molar-refractivity contribution in [2.24, 2.45) is 0 Å². The van der Waals surface area contributed by atoms with Gasteiger partial charge in [-0.3, -0.25) is 4.79 Å². The first-order valence-corrected chi connectivity index (χ1v) is 7.59. The highest BCUT2D eigenvalue weighted by molar-refractivity contribution is 9.10. The summed E-state index contributed by atoms with van der Waals surface area (Å²) >= 11 is 3.46. The zero-order valence-corrected chi connectivity index (χ0v) is 13.1. The van der Waals surface area contributed by atoms with Crippen LogP contribution in [0.1, 0.15) is 29.0 Å². The molecule has 1 saturated carbocycles. The number of hydrogen-bond acceptors (Lipinski definition) is 4. The molecule has 0 unspecified atom stereocenters. The lowest BCUT2D eigenvalue weighted by atomic mass is 10.3. The van der Waals surface area contributed by atoms with Gasteiger partial charge in [-0.05, 0) is 53.9 Å². The lowest BCUT2D eigenvalue weighted by Crippen LogP contribution is -2.26. The number of benzene rings is 1. The number of aromatic nitrogens is 2. The van der Waals surface area contributed by atoms with Gasteiger partial charge in [0.1, 0.15) is 5.69 Å². The van der Waals surface area contributed by atoms with Crippen LogP contribution in [0, 0.1) is 6.92 Å². The number of carbonyl (C=O) groups is 1. The number of para-hydroxylation sites is 1. The SMILES string of the molecule is Cc1cc(C(=O)NC2CC2)nc(Nc2ccccc2Br)n1. The predicted octanol–water partition coefficient (Wildman–Crippen LogP) is 3.18. The maximum Gasteiger partial charge on any atom is 0.270 e. The minimum absolute atomic E-state index is 0.141. The van der Waals surface area contributed by atoms with Gasteiger partial charge in [0.15, 0.2) is 0 Å². The van der Waals surface area contributed by atoms with E-state index in [0.29, 0.717) is 17.7 Å². The van der Waals surface area contributed by atoms with Crippen LogP contribution < -0.4 is 10.6 Å². The summed E-state index contributed by atoms with van der Waals surface area (Å²) < 4.78 is 0.916. The molecule has 0 bridgehead atoms. The second-order valence-corrected chi connectivity index (χ2v) is 5.93. The molecule has 1 fully saturated rings. The monoisotopic (exact) mass is 346 g/mol. The Morgan fingerprint density at radius 1 is 1.29 bits per heavy atom. The summed E-state index contributed by atoms with van der Waals surface area (Å²) in [4.78, 5) is 20.7. The number of rotatable bonds is 4. The van der Waals surface area contributed by atoms with Gasteiger partial charge >= 0.3 is 0 Å². The van der Waals surface area contributed by atoms with Crippen molar-refractivity contribution in [3.63, 3.8) is 0 Å².